The van der Waals surface area contributed by atoms with Gasteiger partial charge in [0.1, 0.15) is 0 Å². The van der Waals surface area contributed by atoms with Crippen LogP contribution in [0.1, 0.15) is 34.3 Å². The number of carbonyl (C=O) groups is 2. The second-order valence-corrected chi connectivity index (χ2v) is 9.16. The Morgan fingerprint density at radius 3 is 2.49 bits per heavy atom. The Morgan fingerprint density at radius 2 is 1.91 bits per heavy atom. The summed E-state index contributed by atoms with van der Waals surface area (Å²) in [7, 11) is 3.31. The minimum absolute atomic E-state index is 0.0597. The lowest BCUT2D eigenvalue weighted by Crippen LogP contribution is -2.43. The van der Waals surface area contributed by atoms with Crippen molar-refractivity contribution >= 4 is 17.5 Å². The molecule has 0 bridgehead atoms. The molecule has 2 saturated heterocycles. The van der Waals surface area contributed by atoms with Crippen molar-refractivity contribution < 1.29 is 22.8 Å². The number of likely N-dealkylation sites (tertiary alicyclic amines) is 1. The molecule has 11 heteroatoms. The average Bonchev–Trinajstić information content (AvgIpc) is 3.49. The van der Waals surface area contributed by atoms with Gasteiger partial charge >= 0.3 is 6.18 Å². The summed E-state index contributed by atoms with van der Waals surface area (Å²) < 4.78 is 42.0. The first-order valence-corrected chi connectivity index (χ1v) is 11.5. The van der Waals surface area contributed by atoms with Gasteiger partial charge in [-0.3, -0.25) is 14.3 Å². The van der Waals surface area contributed by atoms with Crippen LogP contribution in [-0.2, 0) is 18.0 Å². The zero-order valence-electron chi connectivity index (χ0n) is 19.5. The second-order valence-electron chi connectivity index (χ2n) is 9.16. The summed E-state index contributed by atoms with van der Waals surface area (Å²) in [4.78, 5) is 29.0. The monoisotopic (exact) mass is 488 g/mol. The number of alkyl halides is 3. The fourth-order valence-corrected chi connectivity index (χ4v) is 5.29. The van der Waals surface area contributed by atoms with Crippen molar-refractivity contribution in [1.29, 1.82) is 5.26 Å². The van der Waals surface area contributed by atoms with E-state index in [1.54, 1.807) is 40.8 Å². The van der Waals surface area contributed by atoms with Crippen molar-refractivity contribution in [2.24, 2.45) is 24.8 Å². The van der Waals surface area contributed by atoms with E-state index in [9.17, 15) is 22.8 Å². The highest BCUT2D eigenvalue weighted by Gasteiger charge is 2.43. The summed E-state index contributed by atoms with van der Waals surface area (Å²) >= 11 is 0. The predicted octanol–water partition coefficient (Wildman–Crippen LogP) is 2.66. The molecule has 0 saturated carbocycles. The maximum atomic E-state index is 13.5. The first kappa shape index (κ1) is 24.6. The molecule has 186 valence electrons. The zero-order chi connectivity index (χ0) is 25.3. The average molecular weight is 489 g/mol. The number of hydrogen-bond donors (Lipinski definition) is 1. The topological polar surface area (TPSA) is 94.3 Å². The standard InChI is InChI=1S/C24H27F3N6O2/c1-29-22(34)20-14-33(18-4-3-16(10-28)21(9-18)24(25,26)27)13-19(20)15-5-7-32(8-6-15)23(35)17-11-30-31(2)12-17/h3-4,9,11-12,15,19-20H,5-8,13-14H2,1-2H3,(H,29,34)/t19-,20+/m0/s1. The molecular weight excluding hydrogens is 461 g/mol. The molecule has 2 aliphatic heterocycles. The lowest BCUT2D eigenvalue weighted by molar-refractivity contribution is -0.137. The Balaban J connectivity index is 1.50. The van der Waals surface area contributed by atoms with E-state index in [1.807, 2.05) is 0 Å². The van der Waals surface area contributed by atoms with Gasteiger partial charge in [0, 0.05) is 52.2 Å². The smallest absolute Gasteiger partial charge is 0.370 e. The van der Waals surface area contributed by atoms with Crippen molar-refractivity contribution in [2.75, 3.05) is 38.1 Å². The molecule has 0 spiro atoms. The van der Waals surface area contributed by atoms with Gasteiger partial charge in [-0.1, -0.05) is 0 Å². The van der Waals surface area contributed by atoms with Gasteiger partial charge in [0.2, 0.25) is 5.91 Å². The molecule has 0 unspecified atom stereocenters. The van der Waals surface area contributed by atoms with Crippen LogP contribution < -0.4 is 10.2 Å². The number of carbonyl (C=O) groups excluding carboxylic acids is 2. The van der Waals surface area contributed by atoms with E-state index in [0.29, 0.717) is 50.3 Å². The number of piperidine rings is 1. The summed E-state index contributed by atoms with van der Waals surface area (Å²) in [6.45, 7) is 1.82. The van der Waals surface area contributed by atoms with Crippen molar-refractivity contribution in [3.8, 4) is 6.07 Å². The molecule has 3 heterocycles. The number of benzene rings is 1. The van der Waals surface area contributed by atoms with Gasteiger partial charge in [-0.25, -0.2) is 0 Å². The highest BCUT2D eigenvalue weighted by Crippen LogP contribution is 2.40. The number of halogens is 3. The van der Waals surface area contributed by atoms with Crippen molar-refractivity contribution in [3.05, 3.63) is 47.3 Å². The third-order valence-electron chi connectivity index (χ3n) is 7.13. The number of hydrogen-bond acceptors (Lipinski definition) is 5. The second kappa shape index (κ2) is 9.60. The van der Waals surface area contributed by atoms with Crippen LogP contribution >= 0.6 is 0 Å². The molecule has 35 heavy (non-hydrogen) atoms. The van der Waals surface area contributed by atoms with E-state index in [1.165, 1.54) is 18.3 Å². The number of aryl methyl sites for hydroxylation is 1. The van der Waals surface area contributed by atoms with E-state index >= 15 is 0 Å². The molecule has 0 aliphatic carbocycles. The van der Waals surface area contributed by atoms with Crippen LogP contribution in [0, 0.1) is 29.1 Å². The maximum absolute atomic E-state index is 13.5. The van der Waals surface area contributed by atoms with E-state index in [2.05, 4.69) is 10.4 Å². The van der Waals surface area contributed by atoms with E-state index < -0.39 is 17.3 Å². The van der Waals surface area contributed by atoms with Crippen LogP contribution in [0.2, 0.25) is 0 Å². The molecule has 2 atom stereocenters. The Kier molecular flexibility index (Phi) is 6.74. The zero-order valence-corrected chi connectivity index (χ0v) is 19.5. The Bertz CT molecular complexity index is 1150. The third-order valence-corrected chi connectivity index (χ3v) is 7.13. The van der Waals surface area contributed by atoms with Crippen molar-refractivity contribution in [3.63, 3.8) is 0 Å². The fraction of sp³-hybridized carbons (Fsp3) is 0.500. The lowest BCUT2D eigenvalue weighted by atomic mass is 9.78. The van der Waals surface area contributed by atoms with Gasteiger partial charge in [-0.2, -0.15) is 23.5 Å². The van der Waals surface area contributed by atoms with Crippen LogP contribution in [0.4, 0.5) is 18.9 Å². The minimum atomic E-state index is -4.64. The molecule has 2 aliphatic rings. The third kappa shape index (κ3) is 4.97. The quantitative estimate of drug-likeness (QED) is 0.714. The number of rotatable bonds is 4. The number of amides is 2. The predicted molar refractivity (Wildman–Crippen MR) is 121 cm³/mol. The van der Waals surface area contributed by atoms with Crippen LogP contribution in [0.3, 0.4) is 0 Å². The molecule has 4 rings (SSSR count). The van der Waals surface area contributed by atoms with Crippen LogP contribution in [-0.4, -0.2) is 59.7 Å². The first-order chi connectivity index (χ1) is 16.6. The molecule has 2 aromatic rings. The van der Waals surface area contributed by atoms with Gasteiger partial charge in [0.25, 0.3) is 5.91 Å². The van der Waals surface area contributed by atoms with E-state index in [4.69, 9.17) is 5.26 Å². The number of aromatic nitrogens is 2. The molecule has 8 nitrogen and oxygen atoms in total. The van der Waals surface area contributed by atoms with Crippen LogP contribution in [0.25, 0.3) is 0 Å². The van der Waals surface area contributed by atoms with Gasteiger partial charge in [0.15, 0.2) is 0 Å². The molecule has 0 radical (unpaired) electrons. The van der Waals surface area contributed by atoms with Gasteiger partial charge < -0.3 is 15.1 Å². The van der Waals surface area contributed by atoms with Crippen LogP contribution in [0.15, 0.2) is 30.6 Å². The number of nitrogens with one attached hydrogen (secondary N) is 1. The summed E-state index contributed by atoms with van der Waals surface area (Å²) in [5, 5.41) is 15.8. The van der Waals surface area contributed by atoms with E-state index in [-0.39, 0.29) is 29.6 Å². The van der Waals surface area contributed by atoms with Gasteiger partial charge in [-0.15, -0.1) is 0 Å². The number of nitrogens with zero attached hydrogens (tertiary/aromatic N) is 5. The Labute approximate surface area is 201 Å². The molecule has 1 aromatic carbocycles. The van der Waals surface area contributed by atoms with Crippen molar-refractivity contribution in [1.82, 2.24) is 20.0 Å². The summed E-state index contributed by atoms with van der Waals surface area (Å²) in [6, 6.07) is 5.29. The Hall–Kier alpha value is -3.55. The SMILES string of the molecule is CNC(=O)[C@@H]1CN(c2ccc(C#N)c(C(F)(F)F)c2)C[C@H]1C1CCN(C(=O)c2cnn(C)c2)CC1. The summed E-state index contributed by atoms with van der Waals surface area (Å²) in [5.74, 6) is -0.507. The normalized spacial score (nSPS) is 21.1. The summed E-state index contributed by atoms with van der Waals surface area (Å²) in [5.41, 5.74) is -0.524. The molecule has 2 amide bonds. The molecular formula is C24H27F3N6O2. The van der Waals surface area contributed by atoms with Gasteiger partial charge in [0.05, 0.1) is 34.9 Å². The van der Waals surface area contributed by atoms with Crippen molar-refractivity contribution in [2.45, 2.75) is 19.0 Å². The fourth-order valence-electron chi connectivity index (χ4n) is 5.29. The number of nitriles is 1. The number of anilines is 1. The van der Waals surface area contributed by atoms with Crippen LogP contribution in [0.5, 0.6) is 0 Å². The molecule has 2 fully saturated rings. The molecule has 1 N–H and O–H groups in total. The first-order valence-electron chi connectivity index (χ1n) is 11.5. The molecule has 1 aromatic heterocycles. The maximum Gasteiger partial charge on any atom is 0.417 e. The lowest BCUT2D eigenvalue weighted by Gasteiger charge is -2.36. The highest BCUT2D eigenvalue weighted by atomic mass is 19.4. The van der Waals surface area contributed by atoms with Gasteiger partial charge in [-0.05, 0) is 42.9 Å². The summed E-state index contributed by atoms with van der Waals surface area (Å²) in [6.07, 6.45) is -0.0122. The van der Waals surface area contributed by atoms with E-state index in [0.717, 1.165) is 6.07 Å². The Morgan fingerprint density at radius 1 is 1.20 bits per heavy atom. The minimum Gasteiger partial charge on any atom is -0.370 e. The largest absolute Gasteiger partial charge is 0.417 e. The highest BCUT2D eigenvalue weighted by molar-refractivity contribution is 5.93.